The summed E-state index contributed by atoms with van der Waals surface area (Å²) in [6.07, 6.45) is 4.23. The fourth-order valence-corrected chi connectivity index (χ4v) is 4.60. The maximum absolute atomic E-state index is 15.2. The molecule has 0 spiro atoms. The van der Waals surface area contributed by atoms with Gasteiger partial charge in [-0.3, -0.25) is 0 Å². The second kappa shape index (κ2) is 12.9. The molecule has 0 radical (unpaired) electrons. The van der Waals surface area contributed by atoms with Crippen LogP contribution in [0.15, 0.2) is 91.3 Å². The number of rotatable bonds is 9. The van der Waals surface area contributed by atoms with E-state index in [1.165, 1.54) is 18.2 Å². The Balaban J connectivity index is 1.37. The van der Waals surface area contributed by atoms with Crippen molar-refractivity contribution in [2.45, 2.75) is 25.9 Å². The Labute approximate surface area is 252 Å². The minimum Gasteiger partial charge on any atom is -0.429 e. The van der Waals surface area contributed by atoms with Crippen LogP contribution in [0.2, 0.25) is 0 Å². The molecule has 0 bridgehead atoms. The fraction of sp³-hybridized carbons (Fsp3) is 0.118. The van der Waals surface area contributed by atoms with Crippen LogP contribution in [-0.2, 0) is 12.5 Å². The molecule has 5 rings (SSSR count). The number of benzene rings is 4. The lowest BCUT2D eigenvalue weighted by Gasteiger charge is -2.20. The molecule has 0 saturated carbocycles. The van der Waals surface area contributed by atoms with Gasteiger partial charge < -0.3 is 4.74 Å². The maximum Gasteiger partial charge on any atom is 0.432 e. The van der Waals surface area contributed by atoms with E-state index in [1.54, 1.807) is 18.5 Å². The number of ether oxygens (including phenoxy) is 1. The van der Waals surface area contributed by atoms with Gasteiger partial charge in [-0.1, -0.05) is 36.4 Å². The minimum atomic E-state index is -4.64. The summed E-state index contributed by atoms with van der Waals surface area (Å²) in [6, 6.07) is 9.92. The number of hydrogen-bond acceptors (Lipinski definition) is 3. The van der Waals surface area contributed by atoms with E-state index in [1.807, 2.05) is 19.1 Å². The maximum atomic E-state index is 15.2. The van der Waals surface area contributed by atoms with Crippen LogP contribution >= 0.6 is 0 Å². The first-order valence-corrected chi connectivity index (χ1v) is 13.5. The van der Waals surface area contributed by atoms with E-state index in [-0.39, 0.29) is 16.7 Å². The Morgan fingerprint density at radius 1 is 0.644 bits per heavy atom. The highest BCUT2D eigenvalue weighted by atomic mass is 19.3. The Kier molecular flexibility index (Phi) is 8.99. The van der Waals surface area contributed by atoms with Crippen LogP contribution in [0.1, 0.15) is 24.5 Å². The third-order valence-electron chi connectivity index (χ3n) is 6.83. The number of alkyl halides is 2. The zero-order valence-electron chi connectivity index (χ0n) is 23.4. The highest BCUT2D eigenvalue weighted by molar-refractivity contribution is 5.73. The first-order valence-electron chi connectivity index (χ1n) is 13.5. The van der Waals surface area contributed by atoms with Gasteiger partial charge in [-0.15, -0.1) is 0 Å². The molecule has 0 N–H and O–H groups in total. The summed E-state index contributed by atoms with van der Waals surface area (Å²) in [4.78, 5) is 8.57. The Hall–Kier alpha value is -5.06. The Bertz CT molecular complexity index is 1870. The van der Waals surface area contributed by atoms with Crippen molar-refractivity contribution in [3.05, 3.63) is 137 Å². The highest BCUT2D eigenvalue weighted by Crippen LogP contribution is 2.38. The molecule has 0 aliphatic rings. The predicted octanol–water partition coefficient (Wildman–Crippen LogP) is 9.95. The third kappa shape index (κ3) is 6.87. The largest absolute Gasteiger partial charge is 0.432 e. The molecule has 0 aliphatic carbocycles. The van der Waals surface area contributed by atoms with E-state index in [2.05, 4.69) is 14.7 Å². The van der Waals surface area contributed by atoms with Crippen molar-refractivity contribution in [2.24, 2.45) is 0 Å². The second-order valence-electron chi connectivity index (χ2n) is 9.92. The Morgan fingerprint density at radius 3 is 1.82 bits per heavy atom. The monoisotopic (exact) mass is 626 g/mol. The van der Waals surface area contributed by atoms with Crippen molar-refractivity contribution in [2.75, 3.05) is 0 Å². The molecular formula is C34H22F8N2O. The molecule has 0 saturated heterocycles. The van der Waals surface area contributed by atoms with Gasteiger partial charge in [0.05, 0.1) is 0 Å². The summed E-state index contributed by atoms with van der Waals surface area (Å²) in [5.74, 6) is -8.72. The van der Waals surface area contributed by atoms with E-state index in [4.69, 9.17) is 0 Å². The molecule has 230 valence electrons. The summed E-state index contributed by atoms with van der Waals surface area (Å²) in [7, 11) is 0. The van der Waals surface area contributed by atoms with Gasteiger partial charge in [0, 0.05) is 35.2 Å². The van der Waals surface area contributed by atoms with E-state index >= 15 is 8.78 Å². The molecule has 45 heavy (non-hydrogen) atoms. The smallest absolute Gasteiger partial charge is 0.429 e. The van der Waals surface area contributed by atoms with Crippen LogP contribution in [0.5, 0.6) is 5.75 Å². The van der Waals surface area contributed by atoms with Crippen molar-refractivity contribution >= 4 is 0 Å². The summed E-state index contributed by atoms with van der Waals surface area (Å²) >= 11 is 0. The van der Waals surface area contributed by atoms with Gasteiger partial charge in [-0.2, -0.15) is 8.78 Å². The average molecular weight is 627 g/mol. The number of aryl methyl sites for hydroxylation is 1. The minimum absolute atomic E-state index is 0.0221. The van der Waals surface area contributed by atoms with Crippen LogP contribution in [0.25, 0.3) is 33.6 Å². The number of aromatic nitrogens is 2. The first kappa shape index (κ1) is 31.4. The molecule has 11 heteroatoms. The zero-order valence-corrected chi connectivity index (χ0v) is 23.4. The van der Waals surface area contributed by atoms with Crippen molar-refractivity contribution in [1.29, 1.82) is 0 Å². The molecule has 3 nitrogen and oxygen atoms in total. The van der Waals surface area contributed by atoms with E-state index in [9.17, 15) is 26.3 Å². The SMILES string of the molecule is CC=CCCc1cnc(-c2ccc(-c3ccc(-c4cc(F)c(C(F)(F)Oc5ccc(F)c(F)c5)c(F)c4)c(F)c3)c(F)c2)nc1. The van der Waals surface area contributed by atoms with E-state index in [0.29, 0.717) is 41.7 Å². The molecule has 0 unspecified atom stereocenters. The topological polar surface area (TPSA) is 35.0 Å². The summed E-state index contributed by atoms with van der Waals surface area (Å²) in [6.45, 7) is 1.93. The van der Waals surface area contributed by atoms with Crippen LogP contribution in [0, 0.1) is 34.9 Å². The van der Waals surface area contributed by atoms with E-state index < -0.39 is 57.9 Å². The molecule has 4 aromatic carbocycles. The molecule has 0 amide bonds. The van der Waals surface area contributed by atoms with E-state index in [0.717, 1.165) is 30.5 Å². The standard InChI is InChI=1S/C34H22F8N2O/c1-2-3-4-5-19-17-43-33(44-18-19)21-7-10-24(28(37)13-21)20-6-9-25(27(36)12-20)22-14-30(39)32(31(40)15-22)34(41,42)45-23-8-11-26(35)29(38)16-23/h2-3,6-18H,4-5H2,1H3. The molecule has 0 atom stereocenters. The molecule has 0 fully saturated rings. The van der Waals surface area contributed by atoms with Crippen LogP contribution in [0.3, 0.4) is 0 Å². The molecule has 1 aromatic heterocycles. The number of halogens is 8. The molecule has 0 aliphatic heterocycles. The lowest BCUT2D eigenvalue weighted by Crippen LogP contribution is -2.25. The summed E-state index contributed by atoms with van der Waals surface area (Å²) < 4.78 is 120. The number of nitrogens with zero attached hydrogens (tertiary/aromatic N) is 2. The van der Waals surface area contributed by atoms with Gasteiger partial charge in [-0.05, 0) is 72.9 Å². The Morgan fingerprint density at radius 2 is 1.22 bits per heavy atom. The molecular weight excluding hydrogens is 604 g/mol. The fourth-order valence-electron chi connectivity index (χ4n) is 4.60. The van der Waals surface area contributed by atoms with Crippen LogP contribution in [0.4, 0.5) is 35.1 Å². The quantitative estimate of drug-likeness (QED) is 0.121. The second-order valence-corrected chi connectivity index (χ2v) is 9.92. The van der Waals surface area contributed by atoms with Gasteiger partial charge in [0.15, 0.2) is 17.5 Å². The molecule has 5 aromatic rings. The van der Waals surface area contributed by atoms with Crippen molar-refractivity contribution in [3.8, 4) is 39.4 Å². The summed E-state index contributed by atoms with van der Waals surface area (Å²) in [5.41, 5.74) is -1.16. The lowest BCUT2D eigenvalue weighted by molar-refractivity contribution is -0.189. The van der Waals surface area contributed by atoms with Crippen molar-refractivity contribution in [3.63, 3.8) is 0 Å². The van der Waals surface area contributed by atoms with Crippen LogP contribution < -0.4 is 4.74 Å². The molecule has 1 heterocycles. The van der Waals surface area contributed by atoms with Gasteiger partial charge >= 0.3 is 6.11 Å². The third-order valence-corrected chi connectivity index (χ3v) is 6.83. The zero-order chi connectivity index (χ0) is 32.3. The van der Waals surface area contributed by atoms with Crippen LogP contribution in [-0.4, -0.2) is 9.97 Å². The summed E-state index contributed by atoms with van der Waals surface area (Å²) in [5, 5.41) is 0. The van der Waals surface area contributed by atoms with Gasteiger partial charge in [-0.25, -0.2) is 36.3 Å². The van der Waals surface area contributed by atoms with Gasteiger partial charge in [0.25, 0.3) is 0 Å². The average Bonchev–Trinajstić information content (AvgIpc) is 2.98. The predicted molar refractivity (Wildman–Crippen MR) is 152 cm³/mol. The number of allylic oxidation sites excluding steroid dienone is 2. The highest BCUT2D eigenvalue weighted by Gasteiger charge is 2.41. The number of hydrogen-bond donors (Lipinski definition) is 0. The van der Waals surface area contributed by atoms with Gasteiger partial charge in [0.2, 0.25) is 0 Å². The first-order chi connectivity index (χ1) is 21.5. The van der Waals surface area contributed by atoms with Crippen molar-refractivity contribution in [1.82, 2.24) is 9.97 Å². The normalized spacial score (nSPS) is 11.8. The lowest BCUT2D eigenvalue weighted by atomic mass is 9.97. The van der Waals surface area contributed by atoms with Crippen molar-refractivity contribution < 1.29 is 39.9 Å². The van der Waals surface area contributed by atoms with Gasteiger partial charge in [0.1, 0.15) is 34.6 Å².